The number of carbonyl (C=O) groups is 1. The maximum atomic E-state index is 12.7. The number of rotatable bonds is 4. The largest absolute Gasteiger partial charge is 0.488 e. The van der Waals surface area contributed by atoms with Gasteiger partial charge in [0.1, 0.15) is 18.2 Å². The molecule has 4 rings (SSSR count). The fraction of sp³-hybridized carbons (Fsp3) is 0.100. The summed E-state index contributed by atoms with van der Waals surface area (Å²) in [6.07, 6.45) is 1.80. The zero-order valence-electron chi connectivity index (χ0n) is 15.0. The van der Waals surface area contributed by atoms with Gasteiger partial charge in [-0.25, -0.2) is 4.68 Å². The predicted molar refractivity (Wildman–Crippen MR) is 103 cm³/mol. The van der Waals surface area contributed by atoms with Crippen LogP contribution in [0.2, 0.25) is 0 Å². The van der Waals surface area contributed by atoms with E-state index in [1.807, 2.05) is 24.3 Å². The molecular formula is C20H16N4O4. The zero-order valence-corrected chi connectivity index (χ0v) is 15.0. The summed E-state index contributed by atoms with van der Waals surface area (Å²) in [6, 6.07) is 15.2. The van der Waals surface area contributed by atoms with Crippen molar-refractivity contribution in [1.29, 1.82) is 0 Å². The van der Waals surface area contributed by atoms with Crippen molar-refractivity contribution in [1.82, 2.24) is 9.78 Å². The molecule has 0 saturated heterocycles. The zero-order chi connectivity index (χ0) is 19.7. The number of non-ortho nitro benzene ring substituents is 1. The number of aryl methyl sites for hydroxylation is 1. The molecule has 0 atom stereocenters. The minimum absolute atomic E-state index is 0.0126. The fourth-order valence-corrected chi connectivity index (χ4v) is 2.94. The topological polar surface area (TPSA) is 99.3 Å². The van der Waals surface area contributed by atoms with Gasteiger partial charge in [0.2, 0.25) is 0 Å². The molecule has 3 aromatic rings. The van der Waals surface area contributed by atoms with E-state index in [4.69, 9.17) is 4.74 Å². The Morgan fingerprint density at radius 1 is 1.21 bits per heavy atom. The van der Waals surface area contributed by atoms with Gasteiger partial charge in [0.15, 0.2) is 0 Å². The van der Waals surface area contributed by atoms with Crippen molar-refractivity contribution in [3.05, 3.63) is 81.5 Å². The summed E-state index contributed by atoms with van der Waals surface area (Å²) in [5.41, 5.74) is 2.63. The molecule has 1 aliphatic heterocycles. The first kappa shape index (κ1) is 17.5. The van der Waals surface area contributed by atoms with Gasteiger partial charge in [0, 0.05) is 23.8 Å². The number of nitro benzene ring substituents is 1. The van der Waals surface area contributed by atoms with Crippen LogP contribution in [-0.4, -0.2) is 27.2 Å². The van der Waals surface area contributed by atoms with Crippen molar-refractivity contribution in [3.63, 3.8) is 0 Å². The van der Waals surface area contributed by atoms with E-state index in [1.54, 1.807) is 31.2 Å². The summed E-state index contributed by atoms with van der Waals surface area (Å²) >= 11 is 0. The second kappa shape index (κ2) is 6.99. The third-order valence-electron chi connectivity index (χ3n) is 4.30. The molecule has 0 aliphatic carbocycles. The Labute approximate surface area is 160 Å². The first-order chi connectivity index (χ1) is 13.5. The van der Waals surface area contributed by atoms with Crippen LogP contribution in [-0.2, 0) is 4.79 Å². The highest BCUT2D eigenvalue weighted by Gasteiger charge is 2.19. The van der Waals surface area contributed by atoms with Gasteiger partial charge in [-0.05, 0) is 31.2 Å². The number of nitro groups is 1. The van der Waals surface area contributed by atoms with Crippen molar-refractivity contribution >= 4 is 23.5 Å². The summed E-state index contributed by atoms with van der Waals surface area (Å²) in [6.45, 7) is 1.98. The van der Waals surface area contributed by atoms with Gasteiger partial charge >= 0.3 is 0 Å². The standard InChI is InChI=1S/C20H16N4O4/c1-13-10-19(23(22-13)16-6-8-17(9-7-16)24(26)27)21-20(25)15-11-14-4-2-3-5-18(14)28-12-15/h2-11H,12H2,1H3,(H,21,25). The quantitative estimate of drug-likeness (QED) is 0.555. The number of nitrogens with one attached hydrogen (secondary N) is 1. The normalized spacial score (nSPS) is 12.5. The summed E-state index contributed by atoms with van der Waals surface area (Å²) in [5, 5.41) is 18.1. The SMILES string of the molecule is Cc1cc(NC(=O)C2=Cc3ccccc3OC2)n(-c2ccc([N+](=O)[O-])cc2)n1. The van der Waals surface area contributed by atoms with Crippen LogP contribution in [0.3, 0.4) is 0 Å². The van der Waals surface area contributed by atoms with Crippen molar-refractivity contribution < 1.29 is 14.5 Å². The number of hydrogen-bond donors (Lipinski definition) is 1. The molecule has 0 fully saturated rings. The number of benzene rings is 2. The second-order valence-corrected chi connectivity index (χ2v) is 6.31. The van der Waals surface area contributed by atoms with E-state index in [-0.39, 0.29) is 18.2 Å². The summed E-state index contributed by atoms with van der Waals surface area (Å²) < 4.78 is 7.17. The summed E-state index contributed by atoms with van der Waals surface area (Å²) in [7, 11) is 0. The Bertz CT molecular complexity index is 1100. The molecule has 28 heavy (non-hydrogen) atoms. The number of nitrogens with zero attached hydrogens (tertiary/aromatic N) is 3. The number of hydrogen-bond acceptors (Lipinski definition) is 5. The number of ether oxygens (including phenoxy) is 1. The Morgan fingerprint density at radius 3 is 2.71 bits per heavy atom. The van der Waals surface area contributed by atoms with Gasteiger partial charge < -0.3 is 10.1 Å². The molecule has 1 N–H and O–H groups in total. The fourth-order valence-electron chi connectivity index (χ4n) is 2.94. The molecule has 8 heteroatoms. The van der Waals surface area contributed by atoms with Crippen molar-refractivity contribution in [2.75, 3.05) is 11.9 Å². The number of aromatic nitrogens is 2. The molecule has 0 saturated carbocycles. The monoisotopic (exact) mass is 376 g/mol. The highest BCUT2D eigenvalue weighted by Crippen LogP contribution is 2.27. The van der Waals surface area contributed by atoms with Gasteiger partial charge in [-0.3, -0.25) is 14.9 Å². The molecule has 0 unspecified atom stereocenters. The average molecular weight is 376 g/mol. The Kier molecular flexibility index (Phi) is 4.36. The van der Waals surface area contributed by atoms with Crippen LogP contribution in [0.4, 0.5) is 11.5 Å². The van der Waals surface area contributed by atoms with Gasteiger partial charge in [0.05, 0.1) is 21.9 Å². The van der Waals surface area contributed by atoms with Crippen molar-refractivity contribution in [3.8, 4) is 11.4 Å². The first-order valence-electron chi connectivity index (χ1n) is 8.56. The summed E-state index contributed by atoms with van der Waals surface area (Å²) in [5.74, 6) is 0.916. The molecule has 8 nitrogen and oxygen atoms in total. The van der Waals surface area contributed by atoms with Crippen molar-refractivity contribution in [2.45, 2.75) is 6.92 Å². The van der Waals surface area contributed by atoms with Crippen LogP contribution >= 0.6 is 0 Å². The van der Waals surface area contributed by atoms with Crippen molar-refractivity contribution in [2.24, 2.45) is 0 Å². The lowest BCUT2D eigenvalue weighted by atomic mass is 10.1. The molecule has 1 aliphatic rings. The Morgan fingerprint density at radius 2 is 1.96 bits per heavy atom. The van der Waals surface area contributed by atoms with Crippen LogP contribution in [0.15, 0.2) is 60.2 Å². The lowest BCUT2D eigenvalue weighted by molar-refractivity contribution is -0.384. The summed E-state index contributed by atoms with van der Waals surface area (Å²) in [4.78, 5) is 23.1. The lowest BCUT2D eigenvalue weighted by Crippen LogP contribution is -2.22. The van der Waals surface area contributed by atoms with E-state index in [0.717, 1.165) is 11.3 Å². The van der Waals surface area contributed by atoms with Crippen LogP contribution in [0, 0.1) is 17.0 Å². The third-order valence-corrected chi connectivity index (χ3v) is 4.30. The van der Waals surface area contributed by atoms with Gasteiger partial charge in [-0.1, -0.05) is 18.2 Å². The number of fused-ring (bicyclic) bond motifs is 1. The number of anilines is 1. The molecule has 1 amide bonds. The smallest absolute Gasteiger partial charge is 0.269 e. The average Bonchev–Trinajstić information content (AvgIpc) is 3.07. The second-order valence-electron chi connectivity index (χ2n) is 6.31. The van der Waals surface area contributed by atoms with E-state index < -0.39 is 4.92 Å². The minimum Gasteiger partial charge on any atom is -0.488 e. The third kappa shape index (κ3) is 3.35. The molecule has 0 spiro atoms. The van der Waals surface area contributed by atoms with Crippen LogP contribution in [0.1, 0.15) is 11.3 Å². The molecule has 0 bridgehead atoms. The van der Waals surface area contributed by atoms with Crippen LogP contribution in [0.25, 0.3) is 11.8 Å². The van der Waals surface area contributed by atoms with E-state index in [9.17, 15) is 14.9 Å². The van der Waals surface area contributed by atoms with E-state index in [2.05, 4.69) is 10.4 Å². The lowest BCUT2D eigenvalue weighted by Gasteiger charge is -2.17. The number of amides is 1. The Hall–Kier alpha value is -3.94. The minimum atomic E-state index is -0.464. The van der Waals surface area contributed by atoms with Gasteiger partial charge in [-0.2, -0.15) is 5.10 Å². The highest BCUT2D eigenvalue weighted by molar-refractivity contribution is 6.07. The molecular weight excluding hydrogens is 360 g/mol. The van der Waals surface area contributed by atoms with Gasteiger partial charge in [-0.15, -0.1) is 0 Å². The molecule has 1 aromatic heterocycles. The van der Waals surface area contributed by atoms with Gasteiger partial charge in [0.25, 0.3) is 11.6 Å². The molecule has 2 aromatic carbocycles. The van der Waals surface area contributed by atoms with Crippen LogP contribution in [0.5, 0.6) is 5.75 Å². The maximum Gasteiger partial charge on any atom is 0.269 e. The molecule has 0 radical (unpaired) electrons. The maximum absolute atomic E-state index is 12.7. The molecule has 2 heterocycles. The predicted octanol–water partition coefficient (Wildman–Crippen LogP) is 3.50. The van der Waals surface area contributed by atoms with E-state index in [1.165, 1.54) is 16.8 Å². The van der Waals surface area contributed by atoms with E-state index in [0.29, 0.717) is 22.8 Å². The van der Waals surface area contributed by atoms with E-state index >= 15 is 0 Å². The Balaban J connectivity index is 1.60. The number of carbonyl (C=O) groups excluding carboxylic acids is 1. The van der Waals surface area contributed by atoms with Crippen LogP contribution < -0.4 is 10.1 Å². The molecule has 140 valence electrons. The highest BCUT2D eigenvalue weighted by atomic mass is 16.6. The number of para-hydroxylation sites is 1. The first-order valence-corrected chi connectivity index (χ1v) is 8.56.